The number of hydrogen-bond acceptors (Lipinski definition) is 22. The first-order valence-electron chi connectivity index (χ1n) is 44.8. The number of carbonyl (C=O) groups excluding carboxylic acids is 3. The Kier molecular flexibility index (Phi) is 46.5. The minimum absolute atomic E-state index is 0. The van der Waals surface area contributed by atoms with Gasteiger partial charge in [-0.05, 0) is 258 Å². The Labute approximate surface area is 778 Å². The zero-order valence-electron chi connectivity index (χ0n) is 75.2. The van der Waals surface area contributed by atoms with E-state index in [-0.39, 0.29) is 75.0 Å². The van der Waals surface area contributed by atoms with E-state index in [9.17, 15) is 19.5 Å². The number of aromatic amines is 1. The summed E-state index contributed by atoms with van der Waals surface area (Å²) in [6, 6.07) is 51.3. The van der Waals surface area contributed by atoms with Gasteiger partial charge in [-0.15, -0.1) is 0 Å². The second-order valence-corrected chi connectivity index (χ2v) is 36.1. The Morgan fingerprint density at radius 3 is 1.23 bits per heavy atom. The van der Waals surface area contributed by atoms with Gasteiger partial charge in [-0.25, -0.2) is 23.6 Å². The van der Waals surface area contributed by atoms with E-state index in [2.05, 4.69) is 155 Å². The van der Waals surface area contributed by atoms with Crippen molar-refractivity contribution in [1.29, 1.82) is 0 Å². The Morgan fingerprint density at radius 1 is 0.539 bits per heavy atom. The van der Waals surface area contributed by atoms with Crippen LogP contribution in [0.15, 0.2) is 162 Å². The lowest BCUT2D eigenvalue weighted by Crippen LogP contribution is -2.43. The highest BCUT2D eigenvalue weighted by Crippen LogP contribution is 2.42. The summed E-state index contributed by atoms with van der Waals surface area (Å²) < 4.78 is 58.6. The first-order valence-corrected chi connectivity index (χ1v) is 47.7. The number of nitrogens with one attached hydrogen (secondary N) is 3. The largest absolute Gasteiger partial charge is 0.483 e. The normalized spacial score (nSPS) is 24.1. The number of nitrogens with two attached hydrogens (primary N) is 6. The number of nitrogen functional groups attached to an aromatic ring is 4. The van der Waals surface area contributed by atoms with Crippen LogP contribution in [0.1, 0.15) is 256 Å². The molecule has 17 N–H and O–H groups in total. The van der Waals surface area contributed by atoms with Crippen LogP contribution in [0.3, 0.4) is 0 Å². The summed E-state index contributed by atoms with van der Waals surface area (Å²) in [6.07, 6.45) is 28.3. The lowest BCUT2D eigenvalue weighted by molar-refractivity contribution is -0.122. The summed E-state index contributed by atoms with van der Waals surface area (Å²) in [5.74, 6) is 2.48. The van der Waals surface area contributed by atoms with Crippen LogP contribution < -0.4 is 54.8 Å². The van der Waals surface area contributed by atoms with Crippen molar-refractivity contribution in [3.05, 3.63) is 207 Å². The van der Waals surface area contributed by atoms with E-state index in [0.717, 1.165) is 121 Å². The van der Waals surface area contributed by atoms with Crippen molar-refractivity contribution in [2.45, 2.75) is 247 Å². The molecule has 0 bridgehead atoms. The van der Waals surface area contributed by atoms with Crippen molar-refractivity contribution in [1.82, 2.24) is 20.6 Å². The molecule has 8 aromatic rings. The molecule has 5 heterocycles. The smallest absolute Gasteiger partial charge is 0.415 e. The number of ether oxygens (including phenoxy) is 8. The molecule has 1 aromatic heterocycles. The van der Waals surface area contributed by atoms with Gasteiger partial charge in [0.2, 0.25) is 9.23 Å². The number of nitrogens with zero attached hydrogens (tertiary/aromatic N) is 3. The molecule has 0 spiro atoms. The fourth-order valence-electron chi connectivity index (χ4n) is 17.4. The number of imidazole rings is 1. The van der Waals surface area contributed by atoms with Crippen molar-refractivity contribution in [3.8, 4) is 0 Å². The van der Waals surface area contributed by atoms with E-state index < -0.39 is 9.23 Å². The minimum atomic E-state index is -1.67. The van der Waals surface area contributed by atoms with Crippen LogP contribution in [0, 0.1) is 0 Å². The third-order valence-corrected chi connectivity index (χ3v) is 25.5. The molecule has 27 nitrogen and oxygen atoms in total. The number of H-pyrrole nitrogens is 1. The third kappa shape index (κ3) is 33.0. The van der Waals surface area contributed by atoms with E-state index in [1.807, 2.05) is 38.4 Å². The van der Waals surface area contributed by atoms with Gasteiger partial charge in [-0.3, -0.25) is 14.6 Å². The van der Waals surface area contributed by atoms with Crippen molar-refractivity contribution in [2.24, 2.45) is 11.5 Å². The zero-order chi connectivity index (χ0) is 92.4. The number of cyclic esters (lactones) is 3. The molecule has 5 saturated carbocycles. The van der Waals surface area contributed by atoms with Gasteiger partial charge in [0.25, 0.3) is 6.47 Å². The highest BCUT2D eigenvalue weighted by molar-refractivity contribution is 9.10. The number of benzene rings is 7. The van der Waals surface area contributed by atoms with Crippen LogP contribution in [0.5, 0.6) is 0 Å². The van der Waals surface area contributed by atoms with Crippen LogP contribution in [-0.2, 0) is 51.9 Å². The molecule has 9 aliphatic rings. The molecule has 7 aromatic carbocycles. The molecule has 6 unspecified atom stereocenters. The molecule has 9 fully saturated rings. The van der Waals surface area contributed by atoms with Crippen molar-refractivity contribution >= 4 is 116 Å². The fourth-order valence-corrected chi connectivity index (χ4v) is 17.7. The lowest BCUT2D eigenvalue weighted by Gasteiger charge is -2.28. The number of hydrogen-bond donors (Lipinski definition) is 11. The minimum Gasteiger partial charge on any atom is -0.483 e. The summed E-state index contributed by atoms with van der Waals surface area (Å²) in [6.45, 7) is 5.28. The molecular formula is C97H139BrCl2N12O15S. The second kappa shape index (κ2) is 56.8. The number of fused-ring (bicyclic) bond motifs is 1. The summed E-state index contributed by atoms with van der Waals surface area (Å²) in [5.41, 5.74) is 49.4. The Hall–Kier alpha value is -8.66. The van der Waals surface area contributed by atoms with Gasteiger partial charge in [-0.1, -0.05) is 147 Å². The Morgan fingerprint density at radius 2 is 0.898 bits per heavy atom. The van der Waals surface area contributed by atoms with Crippen LogP contribution >= 0.6 is 37.3 Å². The zero-order valence-corrected chi connectivity index (χ0v) is 78.1. The third-order valence-electron chi connectivity index (χ3n) is 25.0. The number of rotatable bonds is 16. The number of carbonyl (C=O) groups is 4. The summed E-state index contributed by atoms with van der Waals surface area (Å²) >= 11 is 3.26. The van der Waals surface area contributed by atoms with Gasteiger partial charge < -0.3 is 98.1 Å². The fraction of sp³-hybridized carbons (Fsp3) is 0.515. The molecular weight excluding hydrogens is 1760 g/mol. The van der Waals surface area contributed by atoms with Crippen molar-refractivity contribution < 1.29 is 72.9 Å². The maximum absolute atomic E-state index is 12.5. The van der Waals surface area contributed by atoms with Gasteiger partial charge >= 0.3 is 18.3 Å². The number of aromatic nitrogens is 2. The van der Waals surface area contributed by atoms with Crippen LogP contribution in [-0.4, -0.2) is 161 Å². The number of aliphatic hydroxyl groups is 1. The Balaban J connectivity index is 0.000000212. The van der Waals surface area contributed by atoms with E-state index in [1.54, 1.807) is 74.7 Å². The van der Waals surface area contributed by atoms with E-state index >= 15 is 0 Å². The Bertz CT molecular complexity index is 4560. The molecule has 4 saturated heterocycles. The average Bonchev–Trinajstić information content (AvgIpc) is 1.66. The quantitative estimate of drug-likeness (QED) is 0.0185. The summed E-state index contributed by atoms with van der Waals surface area (Å²) in [5, 5.41) is 22.1. The van der Waals surface area contributed by atoms with Gasteiger partial charge in [-0.2, -0.15) is 0 Å². The molecule has 4 aliphatic heterocycles. The van der Waals surface area contributed by atoms with E-state index in [4.69, 9.17) is 87.8 Å². The lowest BCUT2D eigenvalue weighted by atomic mass is 9.82. The topological polar surface area (TPSA) is 415 Å². The van der Waals surface area contributed by atoms with Gasteiger partial charge in [0.15, 0.2) is 0 Å². The number of methoxy groups -OCH3 is 4. The van der Waals surface area contributed by atoms with Crippen LogP contribution in [0.2, 0.25) is 0 Å². The standard InChI is InChI=1S/C23H25N3O3.C22H27N3O3.C16H21NO3.C16H25NO2.C6H7BrN2.C6H14N2.C4H8O.C2H6.CH2O2.CH4.Cl2OS/c1-28-19-9-6-16(7-10-19)15-2-4-17(5-3-15)22-13-29-23(27)26(22)18-8-11-20-21(12-18)25-14-24-20;1-27-18-9-6-15(7-10-18)14-2-4-16(5-3-14)21-13-28-22(26)25(21)17-8-11-19(23)20(24)12-17;1-19-14-8-6-12(7-9-14)11-2-4-13(5-3-11)15-10-20-16(18)17-15;1-17-16(11-18)14-5-3-12(4-6-14)13-7-9-15(19-2)10-8-13;7-4-1-2-5(8)6(9)3-4;7-5-3-1-2-4-6(5)8;1-2-4-5-3-1;1-2;2-1-3;;1-4(2)3/h2-5,8,11-12,14,16,19,22H,6-7,9-10,13H2,1H3,(H,24,25);2-5,8,11-12,15,18,21H,6-7,9-10,13,23-24H2,1H3;2-5,12,14-15H,6-10H2,1H3,(H,17,18);3-6,13,15-18H,7-11H2,1-2H3;1-3H,8-9H2;5-6H,1-4,7-8H2;1-4H2;1-2H3;1H,(H,2,3);1H4;/i;;;;;;;1D;;;. The van der Waals surface area contributed by atoms with Gasteiger partial charge in [0.1, 0.15) is 19.8 Å². The second-order valence-electron chi connectivity index (χ2n) is 32.7. The first kappa shape index (κ1) is 105. The number of carboxylic acid groups (broad SMARTS) is 1. The molecule has 0 radical (unpaired) electrons. The van der Waals surface area contributed by atoms with E-state index in [0.29, 0.717) is 103 Å². The highest BCUT2D eigenvalue weighted by atomic mass is 79.9. The molecule has 704 valence electrons. The number of anilines is 6. The maximum atomic E-state index is 12.5. The number of likely N-dealkylation sites (N-methyl/N-ethyl adjacent to an activating group) is 1. The number of halogens is 3. The van der Waals surface area contributed by atoms with Gasteiger partial charge in [0.05, 0.1) is 107 Å². The SMILES string of the molecule is C.C1CCOC1.CNC(CO)c1ccc(C2CCC(OC)CC2)cc1.COC1CCC(c2ccc(C3COC(=O)N3)cc2)CC1.COC1CCC(c2ccc(C3COC(=O)N3c3ccc(N)c(N)c3)cc2)CC1.COC1CCC(c2ccc(C3COC(=O)N3c3ccc4nc[nH]c4c3)cc2)CC1.NC1CCCCC1N.Nc1ccc(Br)cc1N.O=CO.O=S(Cl)Cl.[2H]CC. The average molecular weight is 1900 g/mol. The van der Waals surface area contributed by atoms with Crippen molar-refractivity contribution in [3.63, 3.8) is 0 Å². The highest BCUT2D eigenvalue weighted by Gasteiger charge is 2.38. The number of aliphatic hydroxyl groups excluding tert-OH is 1. The van der Waals surface area contributed by atoms with Crippen LogP contribution in [0.25, 0.3) is 11.0 Å². The number of amides is 3. The predicted octanol–water partition coefficient (Wildman–Crippen LogP) is 19.9. The van der Waals surface area contributed by atoms with Gasteiger partial charge in [0, 0.05) is 80.9 Å². The summed E-state index contributed by atoms with van der Waals surface area (Å²) in [7, 11) is 16.5. The molecule has 3 amide bonds. The molecule has 31 heteroatoms. The predicted molar refractivity (Wildman–Crippen MR) is 518 cm³/mol. The number of alkyl carbamates (subject to hydrolysis) is 1. The molecule has 6 atom stereocenters. The molecule has 17 rings (SSSR count). The van der Waals surface area contributed by atoms with Crippen molar-refractivity contribution in [2.75, 3.05) is 108 Å². The monoisotopic (exact) mass is 1890 g/mol. The summed E-state index contributed by atoms with van der Waals surface area (Å²) in [4.78, 5) is 55.0. The molecule has 128 heavy (non-hydrogen) atoms. The maximum Gasteiger partial charge on any atom is 0.415 e. The molecule has 5 aliphatic carbocycles. The van der Waals surface area contributed by atoms with E-state index in [1.165, 1.54) is 99.3 Å². The first-order chi connectivity index (χ1) is 61.9. The van der Waals surface area contributed by atoms with Crippen LogP contribution in [0.4, 0.5) is 48.5 Å².